The first-order valence-electron chi connectivity index (χ1n) is 14.2. The number of ether oxygens (including phenoxy) is 1. The van der Waals surface area contributed by atoms with Crippen LogP contribution in [0.15, 0.2) is 66.0 Å². The fourth-order valence-electron chi connectivity index (χ4n) is 6.14. The third kappa shape index (κ3) is 6.09. The number of thiophene rings is 1. The number of benzene rings is 2. The number of carbonyl (C=O) groups is 2. The molecule has 1 aromatic heterocycles. The fraction of sp³-hybridized carbons (Fsp3) is 0.438. The lowest BCUT2D eigenvalue weighted by molar-refractivity contribution is -0.124. The molecule has 3 aromatic rings. The molecule has 3 heterocycles. The van der Waals surface area contributed by atoms with Crippen LogP contribution in [0.5, 0.6) is 0 Å². The molecule has 0 spiro atoms. The van der Waals surface area contributed by atoms with Gasteiger partial charge in [-0.25, -0.2) is 0 Å². The Morgan fingerprint density at radius 3 is 2.67 bits per heavy atom. The van der Waals surface area contributed by atoms with Crippen LogP contribution < -0.4 is 10.2 Å². The molecule has 1 fully saturated rings. The van der Waals surface area contributed by atoms with Crippen LogP contribution in [-0.4, -0.2) is 80.6 Å². The molecule has 7 nitrogen and oxygen atoms in total. The lowest BCUT2D eigenvalue weighted by Gasteiger charge is -2.41. The monoisotopic (exact) mass is 560 g/mol. The van der Waals surface area contributed by atoms with E-state index in [-0.39, 0.29) is 17.9 Å². The first-order valence-corrected chi connectivity index (χ1v) is 15.1. The Kier molecular flexibility index (Phi) is 9.19. The highest BCUT2D eigenvalue weighted by Crippen LogP contribution is 2.44. The van der Waals surface area contributed by atoms with Gasteiger partial charge in [0.1, 0.15) is 0 Å². The SMILES string of the molecule is COCCN1C(=O)c2ccccc2[C@H](C(=O)NCCCN2CCN(c3cccc(C)c3)[C@H](C)C2)[C@@H]1c1cccs1. The molecule has 0 unspecified atom stereocenters. The molecule has 212 valence electrons. The Morgan fingerprint density at radius 2 is 1.93 bits per heavy atom. The molecule has 0 aliphatic carbocycles. The zero-order valence-electron chi connectivity index (χ0n) is 23.7. The van der Waals surface area contributed by atoms with Gasteiger partial charge in [0.15, 0.2) is 0 Å². The maximum atomic E-state index is 13.8. The molecule has 2 aliphatic rings. The molecule has 1 N–H and O–H groups in total. The number of aryl methyl sites for hydroxylation is 1. The summed E-state index contributed by atoms with van der Waals surface area (Å²) in [6.45, 7) is 9.86. The van der Waals surface area contributed by atoms with Gasteiger partial charge in [-0.05, 0) is 67.6 Å². The number of hydrogen-bond donors (Lipinski definition) is 1. The molecule has 5 rings (SSSR count). The Labute approximate surface area is 241 Å². The molecule has 2 aliphatic heterocycles. The summed E-state index contributed by atoms with van der Waals surface area (Å²) in [5.41, 5.74) is 3.99. The van der Waals surface area contributed by atoms with Crippen LogP contribution in [0.4, 0.5) is 5.69 Å². The van der Waals surface area contributed by atoms with Crippen LogP contribution in [-0.2, 0) is 9.53 Å². The number of hydrogen-bond acceptors (Lipinski definition) is 6. The maximum absolute atomic E-state index is 13.8. The second kappa shape index (κ2) is 13.0. The minimum absolute atomic E-state index is 0.0293. The number of carbonyl (C=O) groups excluding carboxylic acids is 2. The van der Waals surface area contributed by atoms with E-state index in [1.807, 2.05) is 46.7 Å². The summed E-state index contributed by atoms with van der Waals surface area (Å²) < 4.78 is 5.33. The highest BCUT2D eigenvalue weighted by atomic mass is 32.1. The van der Waals surface area contributed by atoms with Crippen molar-refractivity contribution in [3.8, 4) is 0 Å². The predicted octanol–water partition coefficient (Wildman–Crippen LogP) is 4.70. The summed E-state index contributed by atoms with van der Waals surface area (Å²) in [5.74, 6) is -0.547. The summed E-state index contributed by atoms with van der Waals surface area (Å²) in [6, 6.07) is 20.4. The van der Waals surface area contributed by atoms with E-state index in [9.17, 15) is 9.59 Å². The van der Waals surface area contributed by atoms with Gasteiger partial charge in [-0.3, -0.25) is 14.5 Å². The summed E-state index contributed by atoms with van der Waals surface area (Å²) in [6.07, 6.45) is 0.882. The standard InChI is InChI=1S/C32H40N4O3S/c1-23-9-6-10-25(21-23)35-17-16-34(22-24(35)2)15-8-14-33-31(37)29-26-11-4-5-12-27(26)32(38)36(18-19-39-3)30(29)28-13-7-20-40-28/h4-7,9-13,20-21,24,29-30H,8,14-19,22H2,1-3H3,(H,33,37)/t24-,29+,30+/m1/s1. The number of rotatable bonds is 10. The highest BCUT2D eigenvalue weighted by Gasteiger charge is 2.44. The van der Waals surface area contributed by atoms with Crippen molar-refractivity contribution in [2.24, 2.45) is 0 Å². The zero-order chi connectivity index (χ0) is 28.1. The van der Waals surface area contributed by atoms with Crippen LogP contribution in [0.25, 0.3) is 0 Å². The minimum Gasteiger partial charge on any atom is -0.383 e. The van der Waals surface area contributed by atoms with Gasteiger partial charge in [0.05, 0.1) is 18.6 Å². The number of anilines is 1. The summed E-state index contributed by atoms with van der Waals surface area (Å²) in [5, 5.41) is 5.23. The second-order valence-corrected chi connectivity index (χ2v) is 11.8. The van der Waals surface area contributed by atoms with Crippen molar-refractivity contribution in [3.63, 3.8) is 0 Å². The molecule has 0 radical (unpaired) electrons. The smallest absolute Gasteiger partial charge is 0.254 e. The molecule has 8 heteroatoms. The number of piperazine rings is 1. The molecule has 3 atom stereocenters. The molecule has 40 heavy (non-hydrogen) atoms. The van der Waals surface area contributed by atoms with Crippen molar-refractivity contribution in [2.45, 2.75) is 38.3 Å². The second-order valence-electron chi connectivity index (χ2n) is 10.8. The average molecular weight is 561 g/mol. The normalized spacial score (nSPS) is 21.4. The first-order chi connectivity index (χ1) is 19.5. The van der Waals surface area contributed by atoms with Crippen LogP contribution in [0.2, 0.25) is 0 Å². The van der Waals surface area contributed by atoms with E-state index in [0.29, 0.717) is 31.3 Å². The molecular formula is C32H40N4O3S. The Bertz CT molecular complexity index is 1300. The minimum atomic E-state index is -0.470. The Hall–Kier alpha value is -3.20. The van der Waals surface area contributed by atoms with Crippen LogP contribution >= 0.6 is 11.3 Å². The maximum Gasteiger partial charge on any atom is 0.254 e. The van der Waals surface area contributed by atoms with Crippen molar-refractivity contribution in [1.29, 1.82) is 0 Å². The van der Waals surface area contributed by atoms with Gasteiger partial charge in [0.25, 0.3) is 5.91 Å². The van der Waals surface area contributed by atoms with E-state index < -0.39 is 5.92 Å². The van der Waals surface area contributed by atoms with Gasteiger partial charge in [-0.1, -0.05) is 36.4 Å². The number of fused-ring (bicyclic) bond motifs is 1. The average Bonchev–Trinajstić information content (AvgIpc) is 3.49. The van der Waals surface area contributed by atoms with Gasteiger partial charge < -0.3 is 19.9 Å². The molecule has 0 bridgehead atoms. The Balaban J connectivity index is 1.22. The van der Waals surface area contributed by atoms with E-state index in [0.717, 1.165) is 43.0 Å². The molecule has 2 amide bonds. The van der Waals surface area contributed by atoms with Crippen LogP contribution in [0, 0.1) is 6.92 Å². The number of nitrogens with zero attached hydrogens (tertiary/aromatic N) is 3. The van der Waals surface area contributed by atoms with E-state index in [2.05, 4.69) is 53.2 Å². The quantitative estimate of drug-likeness (QED) is 0.364. The molecular weight excluding hydrogens is 520 g/mol. The zero-order valence-corrected chi connectivity index (χ0v) is 24.5. The van der Waals surface area contributed by atoms with Gasteiger partial charge in [0, 0.05) is 62.0 Å². The van der Waals surface area contributed by atoms with E-state index in [1.165, 1.54) is 11.3 Å². The molecule has 2 aromatic carbocycles. The van der Waals surface area contributed by atoms with E-state index in [4.69, 9.17) is 4.74 Å². The fourth-order valence-corrected chi connectivity index (χ4v) is 7.01. The predicted molar refractivity (Wildman–Crippen MR) is 161 cm³/mol. The molecule has 1 saturated heterocycles. The lowest BCUT2D eigenvalue weighted by Crippen LogP contribution is -2.52. The van der Waals surface area contributed by atoms with Crippen LogP contribution in [0.1, 0.15) is 51.7 Å². The number of amides is 2. The van der Waals surface area contributed by atoms with E-state index >= 15 is 0 Å². The third-order valence-electron chi connectivity index (χ3n) is 8.09. The van der Waals surface area contributed by atoms with Crippen LogP contribution in [0.3, 0.4) is 0 Å². The van der Waals surface area contributed by atoms with Gasteiger partial charge in [-0.2, -0.15) is 0 Å². The van der Waals surface area contributed by atoms with Crippen molar-refractivity contribution in [3.05, 3.63) is 87.6 Å². The van der Waals surface area contributed by atoms with Crippen molar-refractivity contribution < 1.29 is 14.3 Å². The van der Waals surface area contributed by atoms with Gasteiger partial charge in [0.2, 0.25) is 5.91 Å². The van der Waals surface area contributed by atoms with Crippen molar-refractivity contribution in [1.82, 2.24) is 15.1 Å². The Morgan fingerprint density at radius 1 is 1.07 bits per heavy atom. The first kappa shape index (κ1) is 28.3. The number of nitrogens with one attached hydrogen (secondary N) is 1. The summed E-state index contributed by atoms with van der Waals surface area (Å²) in [4.78, 5) is 35.2. The van der Waals surface area contributed by atoms with Crippen molar-refractivity contribution >= 4 is 28.8 Å². The van der Waals surface area contributed by atoms with Gasteiger partial charge in [-0.15, -0.1) is 11.3 Å². The largest absolute Gasteiger partial charge is 0.383 e. The molecule has 0 saturated carbocycles. The summed E-state index contributed by atoms with van der Waals surface area (Å²) in [7, 11) is 1.63. The lowest BCUT2D eigenvalue weighted by atomic mass is 9.81. The summed E-state index contributed by atoms with van der Waals surface area (Å²) >= 11 is 1.59. The third-order valence-corrected chi connectivity index (χ3v) is 9.03. The highest BCUT2D eigenvalue weighted by molar-refractivity contribution is 7.10. The van der Waals surface area contributed by atoms with Crippen molar-refractivity contribution in [2.75, 3.05) is 57.9 Å². The van der Waals surface area contributed by atoms with E-state index in [1.54, 1.807) is 18.4 Å². The van der Waals surface area contributed by atoms with Gasteiger partial charge >= 0.3 is 0 Å². The number of methoxy groups -OCH3 is 1. The topological polar surface area (TPSA) is 65.1 Å².